The number of fused-ring (bicyclic) bond motifs is 1. The molecule has 0 amide bonds. The van der Waals surface area contributed by atoms with E-state index in [0.29, 0.717) is 5.69 Å². The Morgan fingerprint density at radius 1 is 1.12 bits per heavy atom. The maximum Gasteiger partial charge on any atom is 0.293 e. The van der Waals surface area contributed by atoms with E-state index in [9.17, 15) is 18.5 Å². The third kappa shape index (κ3) is 2.95. The van der Waals surface area contributed by atoms with Crippen LogP contribution in [0.5, 0.6) is 0 Å². The molecule has 1 aromatic heterocycles. The number of nitro groups is 1. The van der Waals surface area contributed by atoms with Crippen molar-refractivity contribution in [1.29, 1.82) is 0 Å². The van der Waals surface area contributed by atoms with E-state index in [-0.39, 0.29) is 16.3 Å². The van der Waals surface area contributed by atoms with E-state index in [1.54, 1.807) is 0 Å². The Kier molecular flexibility index (Phi) is 3.76. The van der Waals surface area contributed by atoms with Crippen LogP contribution in [0.15, 0.2) is 53.6 Å². The van der Waals surface area contributed by atoms with Crippen molar-refractivity contribution in [2.45, 2.75) is 4.90 Å². The van der Waals surface area contributed by atoms with Crippen LogP contribution in [0.3, 0.4) is 0 Å². The van der Waals surface area contributed by atoms with Crippen LogP contribution >= 0.6 is 0 Å². The molecule has 0 aliphatic rings. The zero-order valence-corrected chi connectivity index (χ0v) is 13.9. The zero-order chi connectivity index (χ0) is 17.5. The summed E-state index contributed by atoms with van der Waals surface area (Å²) in [6.45, 7) is 0. The van der Waals surface area contributed by atoms with E-state index in [0.717, 1.165) is 23.2 Å². The normalized spacial score (nSPS) is 11.6. The van der Waals surface area contributed by atoms with E-state index in [4.69, 9.17) is 0 Å². The monoisotopic (exact) mass is 345 g/mol. The van der Waals surface area contributed by atoms with E-state index in [2.05, 4.69) is 5.32 Å². The fourth-order valence-corrected chi connectivity index (χ4v) is 3.14. The molecule has 0 atom stereocenters. The van der Waals surface area contributed by atoms with Gasteiger partial charge >= 0.3 is 0 Å². The van der Waals surface area contributed by atoms with Crippen LogP contribution < -0.4 is 5.32 Å². The summed E-state index contributed by atoms with van der Waals surface area (Å²) in [5.74, 6) is 0. The summed E-state index contributed by atoms with van der Waals surface area (Å²) >= 11 is 0. The fourth-order valence-electron chi connectivity index (χ4n) is 2.49. The van der Waals surface area contributed by atoms with Gasteiger partial charge in [-0.1, -0.05) is 6.07 Å². The average molecular weight is 345 g/mol. The molecule has 3 rings (SSSR count). The van der Waals surface area contributed by atoms with Crippen LogP contribution in [0.25, 0.3) is 10.9 Å². The highest BCUT2D eigenvalue weighted by Gasteiger charge is 2.19. The number of sulfone groups is 1. The lowest BCUT2D eigenvalue weighted by Crippen LogP contribution is -2.02. The van der Waals surface area contributed by atoms with Gasteiger partial charge in [0.15, 0.2) is 9.84 Å². The Labute approximate surface area is 138 Å². The van der Waals surface area contributed by atoms with Crippen LogP contribution in [-0.4, -0.2) is 24.2 Å². The van der Waals surface area contributed by atoms with Crippen molar-refractivity contribution in [3.63, 3.8) is 0 Å². The molecule has 24 heavy (non-hydrogen) atoms. The largest absolute Gasteiger partial charge is 0.350 e. The number of anilines is 2. The minimum absolute atomic E-state index is 0.0855. The second kappa shape index (κ2) is 5.64. The number of hydrogen-bond acceptors (Lipinski definition) is 5. The summed E-state index contributed by atoms with van der Waals surface area (Å²) < 4.78 is 25.1. The second-order valence-electron chi connectivity index (χ2n) is 5.53. The van der Waals surface area contributed by atoms with E-state index >= 15 is 0 Å². The number of nitrogens with one attached hydrogen (secondary N) is 1. The fraction of sp³-hybridized carbons (Fsp3) is 0.125. The Hall–Kier alpha value is -2.87. The molecule has 1 N–H and O–H groups in total. The third-order valence-electron chi connectivity index (χ3n) is 3.76. The van der Waals surface area contributed by atoms with Gasteiger partial charge in [-0.05, 0) is 35.7 Å². The Balaban J connectivity index is 2.04. The van der Waals surface area contributed by atoms with Gasteiger partial charge in [0.1, 0.15) is 5.69 Å². The van der Waals surface area contributed by atoms with Crippen molar-refractivity contribution >= 4 is 37.8 Å². The van der Waals surface area contributed by atoms with Crippen molar-refractivity contribution in [2.75, 3.05) is 11.6 Å². The van der Waals surface area contributed by atoms with E-state index in [1.165, 1.54) is 12.1 Å². The Morgan fingerprint density at radius 2 is 1.88 bits per heavy atom. The number of nitrogens with zero attached hydrogens (tertiary/aromatic N) is 2. The molecule has 124 valence electrons. The second-order valence-corrected chi connectivity index (χ2v) is 7.55. The van der Waals surface area contributed by atoms with Gasteiger partial charge in [0, 0.05) is 36.8 Å². The topological polar surface area (TPSA) is 94.2 Å². The molecule has 0 aliphatic carbocycles. The standard InChI is InChI=1S/C16H15N3O4S/c1-18-8-7-11-3-4-12(9-15(11)18)17-14-6-5-13(24(2,22)23)10-16(14)19(20)21/h3-10,17H,1-2H3. The highest BCUT2D eigenvalue weighted by Crippen LogP contribution is 2.31. The van der Waals surface area contributed by atoms with Gasteiger partial charge in [0.05, 0.1) is 9.82 Å². The molecular formula is C16H15N3O4S. The quantitative estimate of drug-likeness (QED) is 0.579. The summed E-state index contributed by atoms with van der Waals surface area (Å²) in [7, 11) is -1.60. The highest BCUT2D eigenvalue weighted by atomic mass is 32.2. The van der Waals surface area contributed by atoms with Crippen molar-refractivity contribution in [3.8, 4) is 0 Å². The molecule has 0 unspecified atom stereocenters. The van der Waals surface area contributed by atoms with Gasteiger partial charge in [-0.3, -0.25) is 10.1 Å². The lowest BCUT2D eigenvalue weighted by Gasteiger charge is -2.09. The molecule has 3 aromatic rings. The molecule has 0 bridgehead atoms. The van der Waals surface area contributed by atoms with Crippen molar-refractivity contribution in [3.05, 3.63) is 58.8 Å². The maximum atomic E-state index is 11.6. The maximum absolute atomic E-state index is 11.6. The number of aromatic nitrogens is 1. The molecule has 2 aromatic carbocycles. The van der Waals surface area contributed by atoms with Crippen molar-refractivity contribution in [1.82, 2.24) is 4.57 Å². The molecule has 0 saturated heterocycles. The molecule has 0 aliphatic heterocycles. The summed E-state index contributed by atoms with van der Waals surface area (Å²) in [5, 5.41) is 15.3. The molecule has 8 heteroatoms. The van der Waals surface area contributed by atoms with Gasteiger partial charge in [-0.2, -0.15) is 0 Å². The lowest BCUT2D eigenvalue weighted by molar-refractivity contribution is -0.384. The van der Waals surface area contributed by atoms with Gasteiger partial charge in [0.25, 0.3) is 5.69 Å². The zero-order valence-electron chi connectivity index (χ0n) is 13.1. The van der Waals surface area contributed by atoms with Crippen LogP contribution in [0.4, 0.5) is 17.1 Å². The first-order valence-corrected chi connectivity index (χ1v) is 8.95. The summed E-state index contributed by atoms with van der Waals surface area (Å²) in [6, 6.07) is 11.4. The summed E-state index contributed by atoms with van der Waals surface area (Å²) in [4.78, 5) is 10.6. The van der Waals surface area contributed by atoms with Gasteiger partial charge in [-0.15, -0.1) is 0 Å². The first kappa shape index (κ1) is 16.0. The molecule has 0 saturated carbocycles. The first-order valence-electron chi connectivity index (χ1n) is 7.06. The molecule has 0 radical (unpaired) electrons. The average Bonchev–Trinajstić information content (AvgIpc) is 2.87. The highest BCUT2D eigenvalue weighted by molar-refractivity contribution is 7.90. The van der Waals surface area contributed by atoms with Crippen molar-refractivity contribution in [2.24, 2.45) is 7.05 Å². The van der Waals surface area contributed by atoms with E-state index < -0.39 is 14.8 Å². The third-order valence-corrected chi connectivity index (χ3v) is 4.87. The molecule has 7 nitrogen and oxygen atoms in total. The van der Waals surface area contributed by atoms with E-state index in [1.807, 2.05) is 42.1 Å². The minimum Gasteiger partial charge on any atom is -0.350 e. The van der Waals surface area contributed by atoms with Gasteiger partial charge in [0.2, 0.25) is 0 Å². The number of benzene rings is 2. The molecule has 0 fully saturated rings. The van der Waals surface area contributed by atoms with Crippen molar-refractivity contribution < 1.29 is 13.3 Å². The molecule has 1 heterocycles. The number of hydrogen-bond donors (Lipinski definition) is 1. The van der Waals surface area contributed by atoms with Crippen LogP contribution in [0.2, 0.25) is 0 Å². The minimum atomic E-state index is -3.51. The Bertz CT molecular complexity index is 1050. The number of aryl methyl sites for hydroxylation is 1. The summed E-state index contributed by atoms with van der Waals surface area (Å²) in [5.41, 5.74) is 1.61. The van der Waals surface area contributed by atoms with Crippen LogP contribution in [0, 0.1) is 10.1 Å². The number of nitro benzene ring substituents is 1. The first-order chi connectivity index (χ1) is 11.3. The smallest absolute Gasteiger partial charge is 0.293 e. The molecular weight excluding hydrogens is 330 g/mol. The van der Waals surface area contributed by atoms with Gasteiger partial charge < -0.3 is 9.88 Å². The van der Waals surface area contributed by atoms with Crippen LogP contribution in [-0.2, 0) is 16.9 Å². The predicted octanol–water partition coefficient (Wildman–Crippen LogP) is 3.23. The Morgan fingerprint density at radius 3 is 2.54 bits per heavy atom. The van der Waals surface area contributed by atoms with Gasteiger partial charge in [-0.25, -0.2) is 8.42 Å². The number of rotatable bonds is 4. The predicted molar refractivity (Wildman–Crippen MR) is 92.4 cm³/mol. The lowest BCUT2D eigenvalue weighted by atomic mass is 10.2. The SMILES string of the molecule is Cn1ccc2ccc(Nc3ccc(S(C)(=O)=O)cc3[N+](=O)[O-])cc21. The van der Waals surface area contributed by atoms with Crippen LogP contribution in [0.1, 0.15) is 0 Å². The summed E-state index contributed by atoms with van der Waals surface area (Å²) in [6.07, 6.45) is 2.94. The molecule has 0 spiro atoms.